The van der Waals surface area contributed by atoms with Crippen LogP contribution in [0.5, 0.6) is 5.75 Å². The minimum atomic E-state index is -0.883. The molecule has 0 unspecified atom stereocenters. The topological polar surface area (TPSA) is 57.4 Å². The summed E-state index contributed by atoms with van der Waals surface area (Å²) in [6.07, 6.45) is 0.868. The molecule has 1 aromatic heterocycles. The first kappa shape index (κ1) is 18.2. The van der Waals surface area contributed by atoms with E-state index in [0.29, 0.717) is 6.54 Å². The molecule has 3 aromatic carbocycles. The fourth-order valence-electron chi connectivity index (χ4n) is 5.30. The lowest BCUT2D eigenvalue weighted by Gasteiger charge is -2.43. The van der Waals surface area contributed by atoms with E-state index in [1.54, 1.807) is 7.11 Å². The van der Waals surface area contributed by atoms with Crippen LogP contribution in [0, 0.1) is 0 Å². The van der Waals surface area contributed by atoms with Gasteiger partial charge in [0.05, 0.1) is 12.8 Å². The van der Waals surface area contributed by atoms with Crippen molar-refractivity contribution in [2.24, 2.45) is 0 Å². The van der Waals surface area contributed by atoms with E-state index in [0.717, 1.165) is 46.6 Å². The van der Waals surface area contributed by atoms with Crippen LogP contribution in [0.2, 0.25) is 0 Å². The molecule has 0 saturated heterocycles. The van der Waals surface area contributed by atoms with Crippen LogP contribution < -0.4 is 10.1 Å². The van der Waals surface area contributed by atoms with E-state index in [4.69, 9.17) is 4.74 Å². The quantitative estimate of drug-likeness (QED) is 0.526. The monoisotopic (exact) mass is 409 g/mol. The predicted octanol–water partition coefficient (Wildman–Crippen LogP) is 4.43. The van der Waals surface area contributed by atoms with Crippen molar-refractivity contribution in [3.63, 3.8) is 0 Å². The molecule has 1 amide bonds. The normalized spacial score (nSPS) is 20.0. The third kappa shape index (κ3) is 2.50. The van der Waals surface area contributed by atoms with Gasteiger partial charge in [0.2, 0.25) is 0 Å². The molecule has 0 saturated carbocycles. The van der Waals surface area contributed by atoms with Crippen LogP contribution in [0.4, 0.5) is 5.69 Å². The summed E-state index contributed by atoms with van der Waals surface area (Å²) in [5.74, 6) is 0.829. The maximum atomic E-state index is 13.8. The minimum Gasteiger partial charge on any atom is -0.497 e. The van der Waals surface area contributed by atoms with E-state index < -0.39 is 5.54 Å². The van der Waals surface area contributed by atoms with Gasteiger partial charge in [0.15, 0.2) is 5.54 Å². The summed E-state index contributed by atoms with van der Waals surface area (Å²) < 4.78 is 5.47. The van der Waals surface area contributed by atoms with Crippen LogP contribution in [-0.2, 0) is 23.3 Å². The van der Waals surface area contributed by atoms with Gasteiger partial charge in [-0.25, -0.2) is 0 Å². The van der Waals surface area contributed by atoms with Crippen molar-refractivity contribution in [2.75, 3.05) is 19.0 Å². The van der Waals surface area contributed by atoms with Crippen molar-refractivity contribution in [1.82, 2.24) is 9.88 Å². The second-order valence-corrected chi connectivity index (χ2v) is 8.26. The standard InChI is InChI=1S/C26H23N3O2/c1-31-18-11-12-22-20(15-18)19-13-14-29(16-17-7-3-2-4-8-17)26(24(19)27-22)21-9-5-6-10-23(21)28-25(26)30/h2-12,15,27H,13-14,16H2,1H3,(H,28,30)/t26-/m0/s1. The summed E-state index contributed by atoms with van der Waals surface area (Å²) >= 11 is 0. The zero-order valence-corrected chi connectivity index (χ0v) is 17.3. The number of aromatic nitrogens is 1. The second-order valence-electron chi connectivity index (χ2n) is 8.26. The number of methoxy groups -OCH3 is 1. The van der Waals surface area contributed by atoms with Crippen molar-refractivity contribution >= 4 is 22.5 Å². The van der Waals surface area contributed by atoms with Crippen LogP contribution >= 0.6 is 0 Å². The Bertz CT molecular complexity index is 1310. The molecule has 0 aliphatic carbocycles. The Hall–Kier alpha value is -3.57. The maximum Gasteiger partial charge on any atom is 0.255 e. The number of carbonyl (C=O) groups is 1. The molecule has 4 aromatic rings. The number of hydrogen-bond acceptors (Lipinski definition) is 3. The summed E-state index contributed by atoms with van der Waals surface area (Å²) in [4.78, 5) is 19.7. The van der Waals surface area contributed by atoms with Gasteiger partial charge in [-0.3, -0.25) is 9.69 Å². The first-order valence-corrected chi connectivity index (χ1v) is 10.6. The molecule has 3 heterocycles. The highest BCUT2D eigenvalue weighted by Gasteiger charge is 2.56. The zero-order valence-electron chi connectivity index (χ0n) is 17.3. The third-order valence-electron chi connectivity index (χ3n) is 6.69. The summed E-state index contributed by atoms with van der Waals surface area (Å²) in [5, 5.41) is 4.29. The molecule has 1 atom stereocenters. The van der Waals surface area contributed by atoms with Gasteiger partial charge >= 0.3 is 0 Å². The van der Waals surface area contributed by atoms with Crippen LogP contribution in [0.25, 0.3) is 10.9 Å². The van der Waals surface area contributed by atoms with E-state index in [-0.39, 0.29) is 5.91 Å². The predicted molar refractivity (Wildman–Crippen MR) is 121 cm³/mol. The second kappa shape index (κ2) is 6.72. The van der Waals surface area contributed by atoms with Gasteiger partial charge in [-0.15, -0.1) is 0 Å². The SMILES string of the molecule is COc1ccc2[nH]c3c(c2c1)CCN(Cc1ccccc1)[C@]31C(=O)Nc2ccccc21. The van der Waals surface area contributed by atoms with E-state index in [1.165, 1.54) is 11.1 Å². The van der Waals surface area contributed by atoms with Crippen LogP contribution in [0.15, 0.2) is 72.8 Å². The number of carbonyl (C=O) groups excluding carboxylic acids is 1. The molecule has 6 rings (SSSR count). The van der Waals surface area contributed by atoms with Crippen molar-refractivity contribution < 1.29 is 9.53 Å². The van der Waals surface area contributed by atoms with Gasteiger partial charge in [0, 0.05) is 35.2 Å². The fraction of sp³-hybridized carbons (Fsp3) is 0.192. The molecule has 0 radical (unpaired) electrons. The lowest BCUT2D eigenvalue weighted by atomic mass is 9.79. The Morgan fingerprint density at radius 3 is 2.68 bits per heavy atom. The van der Waals surface area contributed by atoms with Crippen molar-refractivity contribution in [1.29, 1.82) is 0 Å². The highest BCUT2D eigenvalue weighted by molar-refractivity contribution is 6.09. The number of H-pyrrole nitrogens is 1. The number of ether oxygens (including phenoxy) is 1. The summed E-state index contributed by atoms with van der Waals surface area (Å²) in [5.41, 5.74) is 5.41. The largest absolute Gasteiger partial charge is 0.497 e. The number of benzene rings is 3. The van der Waals surface area contributed by atoms with Gasteiger partial charge in [0.25, 0.3) is 5.91 Å². The Balaban J connectivity index is 1.61. The third-order valence-corrected chi connectivity index (χ3v) is 6.69. The smallest absolute Gasteiger partial charge is 0.255 e. The molecule has 2 N–H and O–H groups in total. The summed E-state index contributed by atoms with van der Waals surface area (Å²) in [7, 11) is 1.68. The average Bonchev–Trinajstić information content (AvgIpc) is 3.32. The molecule has 1 spiro atoms. The first-order chi connectivity index (χ1) is 15.2. The van der Waals surface area contributed by atoms with E-state index >= 15 is 0 Å². The van der Waals surface area contributed by atoms with Gasteiger partial charge in [-0.2, -0.15) is 0 Å². The lowest BCUT2D eigenvalue weighted by Crippen LogP contribution is -2.55. The molecular formula is C26H23N3O2. The molecule has 5 nitrogen and oxygen atoms in total. The zero-order chi connectivity index (χ0) is 21.0. The molecule has 2 aliphatic heterocycles. The Morgan fingerprint density at radius 1 is 1.03 bits per heavy atom. The molecule has 0 fully saturated rings. The van der Waals surface area contributed by atoms with E-state index in [1.807, 2.05) is 36.4 Å². The Kier molecular flexibility index (Phi) is 3.95. The van der Waals surface area contributed by atoms with Crippen molar-refractivity contribution in [3.8, 4) is 5.75 Å². The molecule has 31 heavy (non-hydrogen) atoms. The summed E-state index contributed by atoms with van der Waals surface area (Å²) in [6, 6.07) is 24.5. The highest BCUT2D eigenvalue weighted by Crippen LogP contribution is 2.50. The number of anilines is 1. The van der Waals surface area contributed by atoms with E-state index in [2.05, 4.69) is 51.6 Å². The van der Waals surface area contributed by atoms with Crippen molar-refractivity contribution in [3.05, 3.63) is 95.2 Å². The number of nitrogens with one attached hydrogen (secondary N) is 2. The van der Waals surface area contributed by atoms with Crippen LogP contribution in [0.3, 0.4) is 0 Å². The minimum absolute atomic E-state index is 0.00380. The number of amides is 1. The Morgan fingerprint density at radius 2 is 1.84 bits per heavy atom. The van der Waals surface area contributed by atoms with Gasteiger partial charge in [-0.1, -0.05) is 48.5 Å². The number of para-hydroxylation sites is 1. The van der Waals surface area contributed by atoms with Gasteiger partial charge in [0.1, 0.15) is 5.75 Å². The van der Waals surface area contributed by atoms with Gasteiger partial charge in [-0.05, 0) is 41.8 Å². The summed E-state index contributed by atoms with van der Waals surface area (Å²) in [6.45, 7) is 1.48. The van der Waals surface area contributed by atoms with Crippen molar-refractivity contribution in [2.45, 2.75) is 18.5 Å². The average molecular weight is 409 g/mol. The lowest BCUT2D eigenvalue weighted by molar-refractivity contribution is -0.126. The number of hydrogen-bond donors (Lipinski definition) is 2. The number of fused-ring (bicyclic) bond motifs is 6. The molecule has 0 bridgehead atoms. The first-order valence-electron chi connectivity index (χ1n) is 10.6. The Labute approximate surface area is 180 Å². The molecule has 2 aliphatic rings. The van der Waals surface area contributed by atoms with Gasteiger partial charge < -0.3 is 15.0 Å². The van der Waals surface area contributed by atoms with Crippen LogP contribution in [-0.4, -0.2) is 29.4 Å². The fourth-order valence-corrected chi connectivity index (χ4v) is 5.30. The highest BCUT2D eigenvalue weighted by atomic mass is 16.5. The van der Waals surface area contributed by atoms with E-state index in [9.17, 15) is 4.79 Å². The number of nitrogens with zero attached hydrogens (tertiary/aromatic N) is 1. The number of rotatable bonds is 3. The maximum absolute atomic E-state index is 13.8. The number of aromatic amines is 1. The molecule has 154 valence electrons. The molecule has 5 heteroatoms. The molecular weight excluding hydrogens is 386 g/mol. The van der Waals surface area contributed by atoms with Crippen LogP contribution in [0.1, 0.15) is 22.4 Å².